The smallest absolute Gasteiger partial charge is 0.274 e. The fourth-order valence-electron chi connectivity index (χ4n) is 3.72. The number of hydrogen-bond donors (Lipinski definition) is 2. The second-order valence-corrected chi connectivity index (χ2v) is 7.87. The van der Waals surface area contributed by atoms with Crippen molar-refractivity contribution in [3.63, 3.8) is 0 Å². The molecule has 1 atom stereocenters. The average Bonchev–Trinajstić information content (AvgIpc) is 3.27. The van der Waals surface area contributed by atoms with Gasteiger partial charge >= 0.3 is 0 Å². The molecule has 1 aliphatic rings. The molecule has 8 nitrogen and oxygen atoms in total. The van der Waals surface area contributed by atoms with Gasteiger partial charge in [-0.25, -0.2) is 0 Å². The summed E-state index contributed by atoms with van der Waals surface area (Å²) in [6.45, 7) is 5.90. The highest BCUT2D eigenvalue weighted by Gasteiger charge is 2.27. The Kier molecular flexibility index (Phi) is 6.97. The molecule has 1 fully saturated rings. The third kappa shape index (κ3) is 4.75. The molecule has 1 aromatic carbocycles. The first-order valence-electron chi connectivity index (χ1n) is 10.3. The van der Waals surface area contributed by atoms with Crippen LogP contribution in [0.4, 0.5) is 0 Å². The third-order valence-electron chi connectivity index (χ3n) is 5.44. The molecule has 30 heavy (non-hydrogen) atoms. The van der Waals surface area contributed by atoms with Crippen molar-refractivity contribution in [2.24, 2.45) is 5.92 Å². The summed E-state index contributed by atoms with van der Waals surface area (Å²) in [5, 5.41) is 10.1. The van der Waals surface area contributed by atoms with E-state index in [-0.39, 0.29) is 23.7 Å². The van der Waals surface area contributed by atoms with Crippen LogP contribution in [0.5, 0.6) is 11.5 Å². The number of likely N-dealkylation sites (tertiary alicyclic amines) is 1. The number of ether oxygens (including phenoxy) is 2. The van der Waals surface area contributed by atoms with Crippen molar-refractivity contribution in [2.75, 3.05) is 33.9 Å². The number of piperidine rings is 1. The van der Waals surface area contributed by atoms with Gasteiger partial charge in [0.05, 0.1) is 19.8 Å². The first-order chi connectivity index (χ1) is 14.4. The van der Waals surface area contributed by atoms with E-state index in [4.69, 9.17) is 9.47 Å². The second-order valence-electron chi connectivity index (χ2n) is 7.87. The van der Waals surface area contributed by atoms with Crippen molar-refractivity contribution < 1.29 is 19.1 Å². The number of nitrogens with zero attached hydrogens (tertiary/aromatic N) is 2. The Morgan fingerprint density at radius 2 is 2.10 bits per heavy atom. The van der Waals surface area contributed by atoms with Gasteiger partial charge in [0.1, 0.15) is 5.69 Å². The molecule has 8 heteroatoms. The van der Waals surface area contributed by atoms with Gasteiger partial charge in [0.25, 0.3) is 11.8 Å². The van der Waals surface area contributed by atoms with Crippen LogP contribution in [0.1, 0.15) is 59.1 Å². The predicted octanol–water partition coefficient (Wildman–Crippen LogP) is 2.83. The highest BCUT2D eigenvalue weighted by Crippen LogP contribution is 2.30. The summed E-state index contributed by atoms with van der Waals surface area (Å²) in [5.41, 5.74) is 1.83. The maximum Gasteiger partial charge on any atom is 0.274 e. The van der Waals surface area contributed by atoms with Gasteiger partial charge in [-0.1, -0.05) is 19.9 Å². The van der Waals surface area contributed by atoms with E-state index in [0.717, 1.165) is 18.5 Å². The van der Waals surface area contributed by atoms with E-state index in [1.165, 1.54) is 14.2 Å². The van der Waals surface area contributed by atoms with Crippen LogP contribution < -0.4 is 14.8 Å². The first-order valence-corrected chi connectivity index (χ1v) is 10.3. The van der Waals surface area contributed by atoms with Gasteiger partial charge in [0.15, 0.2) is 11.5 Å². The fourth-order valence-corrected chi connectivity index (χ4v) is 3.72. The minimum Gasteiger partial charge on any atom is -0.493 e. The lowest BCUT2D eigenvalue weighted by molar-refractivity contribution is 0.0665. The lowest BCUT2D eigenvalue weighted by Gasteiger charge is -2.32. The predicted molar refractivity (Wildman–Crippen MR) is 113 cm³/mol. The number of para-hydroxylation sites is 1. The number of nitrogens with one attached hydrogen (secondary N) is 2. The molecule has 0 saturated carbocycles. The Bertz CT molecular complexity index is 893. The molecule has 0 spiro atoms. The molecule has 2 N–H and O–H groups in total. The summed E-state index contributed by atoms with van der Waals surface area (Å²) in [7, 11) is 3.05. The molecule has 1 saturated heterocycles. The molecule has 0 aliphatic carbocycles. The van der Waals surface area contributed by atoms with Gasteiger partial charge in [-0.05, 0) is 42.9 Å². The molecule has 0 radical (unpaired) electrons. The van der Waals surface area contributed by atoms with Gasteiger partial charge in [-0.2, -0.15) is 5.10 Å². The lowest BCUT2D eigenvalue weighted by Crippen LogP contribution is -2.43. The number of carbonyl (C=O) groups excluding carboxylic acids is 2. The molecular weight excluding hydrogens is 384 g/mol. The number of hydrogen-bond acceptors (Lipinski definition) is 5. The number of carbonyl (C=O) groups is 2. The lowest BCUT2D eigenvalue weighted by atomic mass is 9.97. The largest absolute Gasteiger partial charge is 0.493 e. The standard InChI is InChI=1S/C22H30N4O4/c1-14(2)17-11-18(25-24-17)22(28)26-10-6-7-15(13-26)12-23-21(27)16-8-5-9-19(29-3)20(16)30-4/h5,8-9,11,14-15H,6-7,10,12-13H2,1-4H3,(H,23,27)(H,24,25). The van der Waals surface area contributed by atoms with Crippen LogP contribution in [0.3, 0.4) is 0 Å². The van der Waals surface area contributed by atoms with Crippen molar-refractivity contribution in [1.82, 2.24) is 20.4 Å². The zero-order valence-electron chi connectivity index (χ0n) is 18.0. The van der Waals surface area contributed by atoms with E-state index >= 15 is 0 Å². The van der Waals surface area contributed by atoms with E-state index in [1.807, 2.05) is 11.0 Å². The average molecular weight is 415 g/mol. The van der Waals surface area contributed by atoms with E-state index in [0.29, 0.717) is 42.4 Å². The molecule has 2 heterocycles. The molecule has 162 valence electrons. The molecule has 2 aromatic rings. The van der Waals surface area contributed by atoms with Crippen LogP contribution in [0.25, 0.3) is 0 Å². The van der Waals surface area contributed by atoms with Crippen LogP contribution in [0.2, 0.25) is 0 Å². The number of benzene rings is 1. The van der Waals surface area contributed by atoms with Crippen LogP contribution in [-0.4, -0.2) is 60.8 Å². The Morgan fingerprint density at radius 3 is 2.77 bits per heavy atom. The van der Waals surface area contributed by atoms with Gasteiger partial charge in [-0.3, -0.25) is 14.7 Å². The summed E-state index contributed by atoms with van der Waals surface area (Å²) in [6.07, 6.45) is 1.85. The molecular formula is C22H30N4O4. The van der Waals surface area contributed by atoms with E-state index in [1.54, 1.807) is 18.2 Å². The maximum atomic E-state index is 12.8. The van der Waals surface area contributed by atoms with Gasteiger partial charge in [0, 0.05) is 25.3 Å². The molecule has 0 bridgehead atoms. The summed E-state index contributed by atoms with van der Waals surface area (Å²) in [4.78, 5) is 27.3. The quantitative estimate of drug-likeness (QED) is 0.726. The van der Waals surface area contributed by atoms with Crippen molar-refractivity contribution in [3.8, 4) is 11.5 Å². The number of aromatic amines is 1. The Labute approximate surface area is 176 Å². The second kappa shape index (κ2) is 9.65. The van der Waals surface area contributed by atoms with Gasteiger partial charge in [-0.15, -0.1) is 0 Å². The van der Waals surface area contributed by atoms with Gasteiger partial charge in [0.2, 0.25) is 0 Å². The fraction of sp³-hybridized carbons (Fsp3) is 0.500. The third-order valence-corrected chi connectivity index (χ3v) is 5.44. The van der Waals surface area contributed by atoms with Crippen LogP contribution in [0, 0.1) is 5.92 Å². The molecule has 2 amide bonds. The number of H-pyrrole nitrogens is 1. The minimum absolute atomic E-state index is 0.0661. The molecule has 1 aromatic heterocycles. The Balaban J connectivity index is 1.60. The van der Waals surface area contributed by atoms with Crippen molar-refractivity contribution in [1.29, 1.82) is 0 Å². The van der Waals surface area contributed by atoms with Crippen LogP contribution in [-0.2, 0) is 0 Å². The normalized spacial score (nSPS) is 16.4. The monoisotopic (exact) mass is 414 g/mol. The summed E-state index contributed by atoms with van der Waals surface area (Å²) >= 11 is 0. The minimum atomic E-state index is -0.219. The SMILES string of the molecule is COc1cccc(C(=O)NCC2CCCN(C(=O)c3cc(C(C)C)[nH]n3)C2)c1OC. The number of aromatic nitrogens is 2. The maximum absolute atomic E-state index is 12.8. The molecule has 1 unspecified atom stereocenters. The summed E-state index contributed by atoms with van der Waals surface area (Å²) in [6, 6.07) is 7.04. The number of methoxy groups -OCH3 is 2. The highest BCUT2D eigenvalue weighted by atomic mass is 16.5. The van der Waals surface area contributed by atoms with E-state index in [9.17, 15) is 9.59 Å². The van der Waals surface area contributed by atoms with Crippen molar-refractivity contribution >= 4 is 11.8 Å². The zero-order chi connectivity index (χ0) is 21.7. The molecule has 3 rings (SSSR count). The topological polar surface area (TPSA) is 96.6 Å². The first kappa shape index (κ1) is 21.7. The van der Waals surface area contributed by atoms with E-state index in [2.05, 4.69) is 29.4 Å². The molecule has 1 aliphatic heterocycles. The number of rotatable bonds is 7. The van der Waals surface area contributed by atoms with Gasteiger partial charge < -0.3 is 19.7 Å². The van der Waals surface area contributed by atoms with Crippen molar-refractivity contribution in [2.45, 2.75) is 32.6 Å². The Hall–Kier alpha value is -3.03. The Morgan fingerprint density at radius 1 is 1.30 bits per heavy atom. The van der Waals surface area contributed by atoms with Crippen LogP contribution in [0.15, 0.2) is 24.3 Å². The summed E-state index contributed by atoms with van der Waals surface area (Å²) < 4.78 is 10.6. The van der Waals surface area contributed by atoms with Crippen molar-refractivity contribution in [3.05, 3.63) is 41.2 Å². The highest BCUT2D eigenvalue weighted by molar-refractivity contribution is 5.97. The van der Waals surface area contributed by atoms with Crippen LogP contribution >= 0.6 is 0 Å². The van der Waals surface area contributed by atoms with E-state index < -0.39 is 0 Å². The zero-order valence-corrected chi connectivity index (χ0v) is 18.0. The number of amides is 2. The summed E-state index contributed by atoms with van der Waals surface area (Å²) in [5.74, 6) is 1.12.